The van der Waals surface area contributed by atoms with Crippen LogP contribution in [0.2, 0.25) is 0 Å². The van der Waals surface area contributed by atoms with Gasteiger partial charge in [0, 0.05) is 16.7 Å². The van der Waals surface area contributed by atoms with Crippen LogP contribution in [0.3, 0.4) is 0 Å². The SMILES string of the molecule is [2H]c1c([2H])c([2H])c(-c2c([2H])c([2H])c(-c3nc(-c4ccccc4)nc(-c4ccc5c(c4)C(c4ccccc4)(c4ccccc4)c4ccccc4-5)n3)c([2H])c2[2H])c([2H])c1[2H]. The first-order chi connectivity index (χ1) is 28.0. The van der Waals surface area contributed by atoms with Crippen LogP contribution < -0.4 is 0 Å². The molecular formula is C46H31N3. The monoisotopic (exact) mass is 634 g/mol. The summed E-state index contributed by atoms with van der Waals surface area (Å²) in [7, 11) is 0. The van der Waals surface area contributed by atoms with E-state index in [-0.39, 0.29) is 23.0 Å². The molecule has 3 nitrogen and oxygen atoms in total. The maximum atomic E-state index is 9.17. The zero-order valence-electron chi connectivity index (χ0n) is 35.0. The van der Waals surface area contributed by atoms with Crippen LogP contribution in [0.15, 0.2) is 188 Å². The number of rotatable bonds is 6. The summed E-state index contributed by atoms with van der Waals surface area (Å²) in [6.45, 7) is 0. The molecular weight excluding hydrogens is 595 g/mol. The van der Waals surface area contributed by atoms with Crippen LogP contribution in [0, 0.1) is 0 Å². The molecule has 49 heavy (non-hydrogen) atoms. The molecule has 0 unspecified atom stereocenters. The molecule has 0 N–H and O–H groups in total. The lowest BCUT2D eigenvalue weighted by molar-refractivity contribution is 0.768. The summed E-state index contributed by atoms with van der Waals surface area (Å²) in [5, 5.41) is 0. The normalized spacial score (nSPS) is 15.2. The average molecular weight is 635 g/mol. The second kappa shape index (κ2) is 12.0. The highest BCUT2D eigenvalue weighted by molar-refractivity contribution is 5.88. The van der Waals surface area contributed by atoms with Crippen molar-refractivity contribution in [3.63, 3.8) is 0 Å². The van der Waals surface area contributed by atoms with Gasteiger partial charge in [-0.05, 0) is 50.6 Å². The van der Waals surface area contributed by atoms with Crippen LogP contribution in [-0.2, 0) is 5.41 Å². The molecule has 230 valence electrons. The van der Waals surface area contributed by atoms with Gasteiger partial charge in [0.1, 0.15) is 0 Å². The summed E-state index contributed by atoms with van der Waals surface area (Å²) < 4.78 is 77.8. The van der Waals surface area contributed by atoms with E-state index in [1.54, 1.807) is 0 Å². The summed E-state index contributed by atoms with van der Waals surface area (Å²) in [6.07, 6.45) is 0. The van der Waals surface area contributed by atoms with Gasteiger partial charge >= 0.3 is 0 Å². The van der Waals surface area contributed by atoms with Crippen molar-refractivity contribution in [2.24, 2.45) is 0 Å². The highest BCUT2D eigenvalue weighted by Crippen LogP contribution is 2.56. The first-order valence-electron chi connectivity index (χ1n) is 20.4. The fraction of sp³-hybridized carbons (Fsp3) is 0.0217. The third kappa shape index (κ3) is 4.87. The molecule has 1 heterocycles. The van der Waals surface area contributed by atoms with E-state index in [4.69, 9.17) is 24.5 Å². The Morgan fingerprint density at radius 3 is 1.51 bits per heavy atom. The van der Waals surface area contributed by atoms with Gasteiger partial charge in [-0.1, -0.05) is 182 Å². The van der Waals surface area contributed by atoms with E-state index in [0.717, 1.165) is 33.4 Å². The second-order valence-corrected chi connectivity index (χ2v) is 11.7. The third-order valence-electron chi connectivity index (χ3n) is 8.98. The zero-order valence-corrected chi connectivity index (χ0v) is 26.0. The molecule has 1 aliphatic carbocycles. The van der Waals surface area contributed by atoms with E-state index in [1.807, 2.05) is 78.9 Å². The van der Waals surface area contributed by atoms with E-state index in [9.17, 15) is 2.74 Å². The highest BCUT2D eigenvalue weighted by atomic mass is 15.0. The van der Waals surface area contributed by atoms with Crippen LogP contribution in [-0.4, -0.2) is 15.0 Å². The van der Waals surface area contributed by atoms with Crippen molar-refractivity contribution in [3.05, 3.63) is 210 Å². The van der Waals surface area contributed by atoms with E-state index < -0.39 is 70.9 Å². The summed E-state index contributed by atoms with van der Waals surface area (Å²) in [6, 6.07) is 38.9. The van der Waals surface area contributed by atoms with Gasteiger partial charge in [0.2, 0.25) is 0 Å². The van der Waals surface area contributed by atoms with Gasteiger partial charge < -0.3 is 0 Å². The molecule has 0 fully saturated rings. The van der Waals surface area contributed by atoms with Gasteiger partial charge in [-0.2, -0.15) is 0 Å². The number of fused-ring (bicyclic) bond motifs is 3. The van der Waals surface area contributed by atoms with Gasteiger partial charge in [0.15, 0.2) is 17.5 Å². The van der Waals surface area contributed by atoms with E-state index in [2.05, 4.69) is 54.6 Å². The predicted octanol–water partition coefficient (Wildman–Crippen LogP) is 10.9. The molecule has 1 aliphatic rings. The Kier molecular flexibility index (Phi) is 5.06. The number of nitrogens with zero attached hydrogens (tertiary/aromatic N) is 3. The number of hydrogen-bond acceptors (Lipinski definition) is 3. The van der Waals surface area contributed by atoms with Crippen molar-refractivity contribution in [2.75, 3.05) is 0 Å². The predicted molar refractivity (Wildman–Crippen MR) is 199 cm³/mol. The second-order valence-electron chi connectivity index (χ2n) is 11.7. The summed E-state index contributed by atoms with van der Waals surface area (Å²) in [4.78, 5) is 14.5. The highest BCUT2D eigenvalue weighted by Gasteiger charge is 2.46. The molecule has 0 saturated carbocycles. The molecule has 9 rings (SSSR count). The minimum absolute atomic E-state index is 0.116. The topological polar surface area (TPSA) is 38.7 Å². The molecule has 0 saturated heterocycles. The maximum absolute atomic E-state index is 9.17. The van der Waals surface area contributed by atoms with Crippen molar-refractivity contribution in [3.8, 4) is 56.4 Å². The Balaban J connectivity index is 1.30. The van der Waals surface area contributed by atoms with Gasteiger partial charge in [-0.3, -0.25) is 0 Å². The van der Waals surface area contributed by atoms with Crippen molar-refractivity contribution < 1.29 is 12.3 Å². The lowest BCUT2D eigenvalue weighted by Crippen LogP contribution is -2.28. The quantitative estimate of drug-likeness (QED) is 0.183. The Bertz CT molecular complexity index is 2840. The smallest absolute Gasteiger partial charge is 0.164 e. The molecule has 0 atom stereocenters. The minimum Gasteiger partial charge on any atom is -0.208 e. The maximum Gasteiger partial charge on any atom is 0.164 e. The Morgan fingerprint density at radius 1 is 0.367 bits per heavy atom. The van der Waals surface area contributed by atoms with Crippen LogP contribution in [0.4, 0.5) is 0 Å². The molecule has 0 bridgehead atoms. The molecule has 7 aromatic carbocycles. The van der Waals surface area contributed by atoms with Crippen LogP contribution in [0.1, 0.15) is 34.6 Å². The summed E-state index contributed by atoms with van der Waals surface area (Å²) in [5.41, 5.74) is 5.96. The van der Waals surface area contributed by atoms with Gasteiger partial charge in [-0.25, -0.2) is 15.0 Å². The number of hydrogen-bond donors (Lipinski definition) is 0. The van der Waals surface area contributed by atoms with Crippen LogP contribution >= 0.6 is 0 Å². The van der Waals surface area contributed by atoms with Crippen molar-refractivity contribution in [2.45, 2.75) is 5.41 Å². The Morgan fingerprint density at radius 2 is 0.857 bits per heavy atom. The largest absolute Gasteiger partial charge is 0.208 e. The lowest BCUT2D eigenvalue weighted by Gasteiger charge is -2.34. The lowest BCUT2D eigenvalue weighted by atomic mass is 9.67. The van der Waals surface area contributed by atoms with E-state index in [0.29, 0.717) is 11.1 Å². The van der Waals surface area contributed by atoms with Gasteiger partial charge in [0.05, 0.1) is 17.8 Å². The first-order valence-corrected chi connectivity index (χ1v) is 15.9. The van der Waals surface area contributed by atoms with Gasteiger partial charge in [-0.15, -0.1) is 0 Å². The summed E-state index contributed by atoms with van der Waals surface area (Å²) in [5.74, 6) is 0.368. The summed E-state index contributed by atoms with van der Waals surface area (Å²) >= 11 is 0. The van der Waals surface area contributed by atoms with Crippen molar-refractivity contribution in [1.82, 2.24) is 15.0 Å². The molecule has 0 amide bonds. The Hall–Kier alpha value is -6.45. The third-order valence-corrected chi connectivity index (χ3v) is 8.98. The van der Waals surface area contributed by atoms with Crippen molar-refractivity contribution >= 4 is 0 Å². The molecule has 3 heteroatoms. The molecule has 0 radical (unpaired) electrons. The number of benzene rings is 7. The Labute approximate surface area is 298 Å². The molecule has 0 aliphatic heterocycles. The van der Waals surface area contributed by atoms with Crippen LogP contribution in [0.25, 0.3) is 56.4 Å². The minimum atomic E-state index is -0.704. The zero-order chi connectivity index (χ0) is 40.5. The van der Waals surface area contributed by atoms with Crippen LogP contribution in [0.5, 0.6) is 0 Å². The average Bonchev–Trinajstić information content (AvgIpc) is 3.56. The first kappa shape index (κ1) is 20.7. The van der Waals surface area contributed by atoms with Crippen molar-refractivity contribution in [1.29, 1.82) is 0 Å². The van der Waals surface area contributed by atoms with E-state index in [1.165, 1.54) is 0 Å². The fourth-order valence-corrected chi connectivity index (χ4v) is 6.84. The molecule has 1 aromatic heterocycles. The standard InChI is InChI=1S/C46H31N3/c1-5-15-32(16-6-1)33-25-27-35(28-26-33)44-47-43(34-17-7-2-8-18-34)48-45(49-44)36-29-30-40-39-23-13-14-24-41(39)46(42(40)31-36,37-19-9-3-10-20-37)38-21-11-4-12-22-38/h1-31H/i1D,5D,6D,15D,16D,25D,26D,27D,28D. The fourth-order valence-electron chi connectivity index (χ4n) is 6.84. The molecule has 8 aromatic rings. The number of aromatic nitrogens is 3. The van der Waals surface area contributed by atoms with Gasteiger partial charge in [0.25, 0.3) is 0 Å². The molecule has 0 spiro atoms. The van der Waals surface area contributed by atoms with E-state index >= 15 is 0 Å².